The summed E-state index contributed by atoms with van der Waals surface area (Å²) in [7, 11) is 0. The molecular weight excluding hydrogens is 389 g/mol. The van der Waals surface area contributed by atoms with Crippen LogP contribution in [-0.2, 0) is 4.74 Å². The third kappa shape index (κ3) is 3.35. The van der Waals surface area contributed by atoms with Crippen LogP contribution < -0.4 is 0 Å². The molecule has 0 amide bonds. The zero-order valence-corrected chi connectivity index (χ0v) is 11.3. The second-order valence-electron chi connectivity index (χ2n) is 4.45. The number of hydrogen-bond acceptors (Lipinski definition) is 3. The first kappa shape index (κ1) is 21.0. The van der Waals surface area contributed by atoms with Crippen LogP contribution in [0.1, 0.15) is 0 Å². The average molecular weight is 394 g/mol. The van der Waals surface area contributed by atoms with E-state index in [0.29, 0.717) is 6.33 Å². The van der Waals surface area contributed by atoms with Crippen LogP contribution >= 0.6 is 0 Å². The number of carbonyl (C=O) groups is 1. The van der Waals surface area contributed by atoms with Gasteiger partial charge in [-0.05, 0) is 0 Å². The maximum absolute atomic E-state index is 13.2. The highest BCUT2D eigenvalue weighted by atomic mass is 19.4. The summed E-state index contributed by atoms with van der Waals surface area (Å²) < 4.78 is 143. The van der Waals surface area contributed by atoms with Crippen molar-refractivity contribution in [3.05, 3.63) is 18.7 Å². The molecule has 0 bridgehead atoms. The molecule has 0 aromatic carbocycles. The average Bonchev–Trinajstić information content (AvgIpc) is 2.97. The van der Waals surface area contributed by atoms with Gasteiger partial charge in [0.2, 0.25) is 0 Å². The van der Waals surface area contributed by atoms with E-state index in [0.717, 1.165) is 12.4 Å². The number of imidazole rings is 1. The second-order valence-corrected chi connectivity index (χ2v) is 4.45. The first-order valence-electron chi connectivity index (χ1n) is 5.72. The number of alkyl halides is 11. The number of aromatic nitrogens is 2. The van der Waals surface area contributed by atoms with Crippen molar-refractivity contribution < 1.29 is 57.8 Å². The van der Waals surface area contributed by atoms with Crippen LogP contribution in [0.4, 0.5) is 53.1 Å². The maximum Gasteiger partial charge on any atom is 0.460 e. The van der Waals surface area contributed by atoms with Crippen LogP contribution in [0.15, 0.2) is 18.7 Å². The normalized spacial score (nSPS) is 14.5. The summed E-state index contributed by atoms with van der Waals surface area (Å²) in [6, 6.07) is 0. The van der Waals surface area contributed by atoms with Gasteiger partial charge in [-0.15, -0.1) is 0 Å². The van der Waals surface area contributed by atoms with E-state index in [4.69, 9.17) is 0 Å². The summed E-state index contributed by atoms with van der Waals surface area (Å²) in [5.74, 6) is -28.5. The molecule has 15 heteroatoms. The van der Waals surface area contributed by atoms with Crippen molar-refractivity contribution in [2.75, 3.05) is 6.61 Å². The van der Waals surface area contributed by atoms with Gasteiger partial charge in [-0.2, -0.15) is 48.3 Å². The highest BCUT2D eigenvalue weighted by molar-refractivity contribution is 5.70. The zero-order valence-electron chi connectivity index (χ0n) is 11.3. The van der Waals surface area contributed by atoms with Crippen LogP contribution in [0.25, 0.3) is 0 Å². The molecule has 4 nitrogen and oxygen atoms in total. The van der Waals surface area contributed by atoms with Crippen molar-refractivity contribution in [3.63, 3.8) is 0 Å². The Hall–Kier alpha value is -2.09. The van der Waals surface area contributed by atoms with Crippen LogP contribution in [-0.4, -0.2) is 52.1 Å². The molecule has 1 aromatic rings. The molecule has 0 radical (unpaired) electrons. The maximum atomic E-state index is 13.2. The Morgan fingerprint density at radius 2 is 1.40 bits per heavy atom. The lowest BCUT2D eigenvalue weighted by Crippen LogP contribution is -2.67. The van der Waals surface area contributed by atoms with Gasteiger partial charge in [-0.1, -0.05) is 0 Å². The summed E-state index contributed by atoms with van der Waals surface area (Å²) in [5, 5.41) is 0. The second kappa shape index (κ2) is 6.01. The molecular formula is C10H5F11N2O2. The lowest BCUT2D eigenvalue weighted by molar-refractivity contribution is -0.423. The number of rotatable bonds is 5. The van der Waals surface area contributed by atoms with Gasteiger partial charge in [-0.25, -0.2) is 14.3 Å². The fourth-order valence-corrected chi connectivity index (χ4v) is 1.29. The van der Waals surface area contributed by atoms with Crippen molar-refractivity contribution >= 4 is 6.09 Å². The molecule has 0 spiro atoms. The molecule has 1 rings (SSSR count). The Labute approximate surface area is 130 Å². The number of halogens is 11. The standard InChI is InChI=1S/C10H5F11N2O2/c11-6(12,3-25-5(24)23-2-1-22-4-23)7(13,14)8(15,16)9(17,18)10(19,20)21/h1-2,4H,3H2. The lowest BCUT2D eigenvalue weighted by Gasteiger charge is -2.36. The number of ether oxygens (including phenoxy) is 1. The third-order valence-electron chi connectivity index (χ3n) is 2.70. The molecule has 0 fully saturated rings. The van der Waals surface area contributed by atoms with E-state index in [2.05, 4.69) is 9.72 Å². The molecule has 0 atom stereocenters. The monoisotopic (exact) mass is 394 g/mol. The van der Waals surface area contributed by atoms with E-state index in [1.807, 2.05) is 0 Å². The van der Waals surface area contributed by atoms with Crippen molar-refractivity contribution in [3.8, 4) is 0 Å². The minimum Gasteiger partial charge on any atom is -0.442 e. The summed E-state index contributed by atoms with van der Waals surface area (Å²) in [4.78, 5) is 14.3. The Morgan fingerprint density at radius 1 is 0.880 bits per heavy atom. The Morgan fingerprint density at radius 3 is 1.80 bits per heavy atom. The van der Waals surface area contributed by atoms with Gasteiger partial charge in [0.25, 0.3) is 0 Å². The number of hydrogen-bond donors (Lipinski definition) is 0. The molecule has 0 unspecified atom stereocenters. The minimum atomic E-state index is -7.54. The van der Waals surface area contributed by atoms with Crippen LogP contribution in [0.5, 0.6) is 0 Å². The molecule has 0 saturated carbocycles. The van der Waals surface area contributed by atoms with Gasteiger partial charge in [0.1, 0.15) is 6.33 Å². The quantitative estimate of drug-likeness (QED) is 0.710. The van der Waals surface area contributed by atoms with Crippen LogP contribution in [0.2, 0.25) is 0 Å². The summed E-state index contributed by atoms with van der Waals surface area (Å²) in [6.07, 6.45) is -6.83. The van der Waals surface area contributed by atoms with Gasteiger partial charge in [0, 0.05) is 12.4 Å². The van der Waals surface area contributed by atoms with Gasteiger partial charge < -0.3 is 4.74 Å². The Kier molecular flexibility index (Phi) is 5.04. The van der Waals surface area contributed by atoms with E-state index in [1.54, 1.807) is 0 Å². The highest BCUT2D eigenvalue weighted by Gasteiger charge is 2.87. The van der Waals surface area contributed by atoms with Crippen LogP contribution in [0.3, 0.4) is 0 Å². The largest absolute Gasteiger partial charge is 0.460 e. The molecule has 0 aliphatic carbocycles. The fourth-order valence-electron chi connectivity index (χ4n) is 1.29. The molecule has 0 aliphatic rings. The van der Waals surface area contributed by atoms with Gasteiger partial charge in [0.05, 0.1) is 0 Å². The summed E-state index contributed by atoms with van der Waals surface area (Å²) in [5.41, 5.74) is 0. The van der Waals surface area contributed by atoms with Crippen molar-refractivity contribution in [1.82, 2.24) is 9.55 Å². The summed E-state index contributed by atoms with van der Waals surface area (Å²) in [6.45, 7) is -2.90. The molecule has 0 N–H and O–H groups in total. The molecule has 144 valence electrons. The Balaban J connectivity index is 3.06. The van der Waals surface area contributed by atoms with E-state index >= 15 is 0 Å². The molecule has 0 aliphatic heterocycles. The predicted molar refractivity (Wildman–Crippen MR) is 54.8 cm³/mol. The highest BCUT2D eigenvalue weighted by Crippen LogP contribution is 2.57. The van der Waals surface area contributed by atoms with E-state index in [9.17, 15) is 53.1 Å². The van der Waals surface area contributed by atoms with Crippen molar-refractivity contribution in [1.29, 1.82) is 0 Å². The summed E-state index contributed by atoms with van der Waals surface area (Å²) >= 11 is 0. The van der Waals surface area contributed by atoms with Gasteiger partial charge >= 0.3 is 36.0 Å². The lowest BCUT2D eigenvalue weighted by atomic mass is 9.98. The molecule has 0 saturated heterocycles. The zero-order chi connectivity index (χ0) is 19.9. The first-order chi connectivity index (χ1) is 11.0. The third-order valence-corrected chi connectivity index (χ3v) is 2.70. The molecule has 1 aromatic heterocycles. The van der Waals surface area contributed by atoms with Crippen LogP contribution in [0, 0.1) is 0 Å². The topological polar surface area (TPSA) is 44.1 Å². The van der Waals surface area contributed by atoms with E-state index in [-0.39, 0.29) is 4.57 Å². The van der Waals surface area contributed by atoms with E-state index < -0.39 is 42.6 Å². The van der Waals surface area contributed by atoms with Gasteiger partial charge in [0.15, 0.2) is 6.61 Å². The van der Waals surface area contributed by atoms with E-state index in [1.165, 1.54) is 0 Å². The number of carbonyl (C=O) groups excluding carboxylic acids is 1. The van der Waals surface area contributed by atoms with Crippen molar-refractivity contribution in [2.45, 2.75) is 29.9 Å². The van der Waals surface area contributed by atoms with Crippen molar-refractivity contribution in [2.24, 2.45) is 0 Å². The molecule has 1 heterocycles. The Bertz CT molecular complexity index is 609. The predicted octanol–water partition coefficient (Wildman–Crippen LogP) is 3.97. The fraction of sp³-hybridized carbons (Fsp3) is 0.600. The smallest absolute Gasteiger partial charge is 0.442 e. The molecule has 25 heavy (non-hydrogen) atoms. The first-order valence-corrected chi connectivity index (χ1v) is 5.72. The SMILES string of the molecule is O=C(OCC(F)(F)C(F)(F)C(F)(F)C(F)(F)C(F)(F)F)n1ccnc1. The van der Waals surface area contributed by atoms with Gasteiger partial charge in [-0.3, -0.25) is 0 Å². The number of nitrogens with zero attached hydrogens (tertiary/aromatic N) is 2. The minimum absolute atomic E-state index is 0.274.